The molecule has 2 aromatic rings. The lowest BCUT2D eigenvalue weighted by atomic mass is 10.0. The maximum atomic E-state index is 10.4. The Kier molecular flexibility index (Phi) is 10.2. The second-order valence-corrected chi connectivity index (χ2v) is 7.94. The first-order valence-corrected chi connectivity index (χ1v) is 10.7. The van der Waals surface area contributed by atoms with Gasteiger partial charge in [-0.2, -0.15) is 0 Å². The van der Waals surface area contributed by atoms with Crippen LogP contribution in [-0.4, -0.2) is 65.7 Å². The second kappa shape index (κ2) is 12.4. The molecule has 0 radical (unpaired) electrons. The Bertz CT molecular complexity index is 683. The molecule has 1 aromatic heterocycles. The van der Waals surface area contributed by atoms with Crippen LogP contribution in [0.25, 0.3) is 0 Å². The van der Waals surface area contributed by atoms with E-state index in [1.807, 2.05) is 31.2 Å². The Balaban J connectivity index is 1.89. The molecular formula is C20H29ClN2O4S. The number of aliphatic hydroxyl groups excluding tert-OH is 2. The second-order valence-electron chi connectivity index (χ2n) is 6.50. The standard InChI is InChI=1S/C20H29ClN2O4S/c1-3-26-10-11-27-17-6-4-16(5-7-17)12-15(2)23(8-9-24)13-19(25)18-14-28-20(21)22-18/h4-7,14-15,19,24-25H,3,8-13H2,1-2H3. The van der Waals surface area contributed by atoms with E-state index in [4.69, 9.17) is 21.1 Å². The molecule has 0 aliphatic carbocycles. The van der Waals surface area contributed by atoms with Crippen LogP contribution in [0.1, 0.15) is 31.2 Å². The van der Waals surface area contributed by atoms with Gasteiger partial charge in [0.1, 0.15) is 18.5 Å². The topological polar surface area (TPSA) is 75.1 Å². The van der Waals surface area contributed by atoms with Gasteiger partial charge in [-0.1, -0.05) is 23.7 Å². The number of thiazole rings is 1. The van der Waals surface area contributed by atoms with Crippen molar-refractivity contribution in [2.45, 2.75) is 32.4 Å². The van der Waals surface area contributed by atoms with Crippen LogP contribution < -0.4 is 4.74 Å². The van der Waals surface area contributed by atoms with Gasteiger partial charge in [0.25, 0.3) is 0 Å². The summed E-state index contributed by atoms with van der Waals surface area (Å²) < 4.78 is 11.3. The van der Waals surface area contributed by atoms with Gasteiger partial charge in [-0.3, -0.25) is 4.90 Å². The number of hydrogen-bond donors (Lipinski definition) is 2. The van der Waals surface area contributed by atoms with Crippen LogP contribution in [0.3, 0.4) is 0 Å². The van der Waals surface area contributed by atoms with Gasteiger partial charge in [0.2, 0.25) is 0 Å². The van der Waals surface area contributed by atoms with Crippen LogP contribution in [0.2, 0.25) is 4.47 Å². The normalized spacial score (nSPS) is 13.6. The summed E-state index contributed by atoms with van der Waals surface area (Å²) >= 11 is 7.16. The summed E-state index contributed by atoms with van der Waals surface area (Å²) in [6, 6.07) is 8.13. The SMILES string of the molecule is CCOCCOc1ccc(CC(C)N(CCO)CC(O)c2csc(Cl)n2)cc1. The summed E-state index contributed by atoms with van der Waals surface area (Å²) in [5.74, 6) is 0.819. The monoisotopic (exact) mass is 428 g/mol. The Hall–Kier alpha value is -1.22. The van der Waals surface area contributed by atoms with Gasteiger partial charge in [-0.15, -0.1) is 11.3 Å². The minimum atomic E-state index is -0.737. The molecule has 2 unspecified atom stereocenters. The number of ether oxygens (including phenoxy) is 2. The molecule has 0 saturated carbocycles. The van der Waals surface area contributed by atoms with Crippen molar-refractivity contribution >= 4 is 22.9 Å². The number of hydrogen-bond acceptors (Lipinski definition) is 7. The Morgan fingerprint density at radius 1 is 1.25 bits per heavy atom. The highest BCUT2D eigenvalue weighted by atomic mass is 35.5. The van der Waals surface area contributed by atoms with Crippen molar-refractivity contribution in [2.24, 2.45) is 0 Å². The zero-order chi connectivity index (χ0) is 20.4. The molecule has 1 heterocycles. The zero-order valence-electron chi connectivity index (χ0n) is 16.4. The van der Waals surface area contributed by atoms with Gasteiger partial charge in [0.05, 0.1) is 18.9 Å². The van der Waals surface area contributed by atoms with Crippen molar-refractivity contribution in [3.8, 4) is 5.75 Å². The predicted octanol–water partition coefficient (Wildman–Crippen LogP) is 3.17. The van der Waals surface area contributed by atoms with Crippen molar-refractivity contribution in [2.75, 3.05) is 39.5 Å². The largest absolute Gasteiger partial charge is 0.491 e. The van der Waals surface area contributed by atoms with Crippen LogP contribution in [0.4, 0.5) is 0 Å². The highest BCUT2D eigenvalue weighted by Crippen LogP contribution is 2.22. The predicted molar refractivity (Wildman–Crippen MR) is 112 cm³/mol. The lowest BCUT2D eigenvalue weighted by Crippen LogP contribution is -2.39. The average molecular weight is 429 g/mol. The van der Waals surface area contributed by atoms with Gasteiger partial charge in [0, 0.05) is 31.1 Å². The van der Waals surface area contributed by atoms with Crippen LogP contribution in [0, 0.1) is 0 Å². The molecule has 0 aliphatic rings. The van der Waals surface area contributed by atoms with E-state index in [0.29, 0.717) is 43.1 Å². The summed E-state index contributed by atoms with van der Waals surface area (Å²) in [5, 5.41) is 21.6. The molecule has 0 aliphatic heterocycles. The lowest BCUT2D eigenvalue weighted by Gasteiger charge is -2.30. The van der Waals surface area contributed by atoms with Crippen molar-refractivity contribution in [1.29, 1.82) is 0 Å². The number of rotatable bonds is 13. The highest BCUT2D eigenvalue weighted by Gasteiger charge is 2.20. The summed E-state index contributed by atoms with van der Waals surface area (Å²) in [5.41, 5.74) is 1.73. The van der Waals surface area contributed by atoms with Crippen molar-refractivity contribution in [3.63, 3.8) is 0 Å². The zero-order valence-corrected chi connectivity index (χ0v) is 18.0. The molecule has 6 nitrogen and oxygen atoms in total. The molecule has 156 valence electrons. The quantitative estimate of drug-likeness (QED) is 0.477. The summed E-state index contributed by atoms with van der Waals surface area (Å²) in [4.78, 5) is 6.19. The Morgan fingerprint density at radius 2 is 2.00 bits per heavy atom. The first kappa shape index (κ1) is 23.1. The summed E-state index contributed by atoms with van der Waals surface area (Å²) in [7, 11) is 0. The first-order valence-electron chi connectivity index (χ1n) is 9.46. The molecule has 2 atom stereocenters. The van der Waals surface area contributed by atoms with Gasteiger partial charge in [-0.05, 0) is 38.0 Å². The van der Waals surface area contributed by atoms with E-state index in [-0.39, 0.29) is 12.6 Å². The van der Waals surface area contributed by atoms with E-state index in [0.717, 1.165) is 12.2 Å². The van der Waals surface area contributed by atoms with E-state index in [9.17, 15) is 10.2 Å². The fraction of sp³-hybridized carbons (Fsp3) is 0.550. The number of aliphatic hydroxyl groups is 2. The minimum absolute atomic E-state index is 0.0293. The first-order chi connectivity index (χ1) is 13.5. The van der Waals surface area contributed by atoms with Gasteiger partial charge >= 0.3 is 0 Å². The third-order valence-corrected chi connectivity index (χ3v) is 5.41. The molecule has 2 rings (SSSR count). The molecule has 0 spiro atoms. The van der Waals surface area contributed by atoms with Crippen molar-refractivity contribution in [3.05, 3.63) is 45.4 Å². The molecule has 8 heteroatoms. The highest BCUT2D eigenvalue weighted by molar-refractivity contribution is 7.13. The number of benzene rings is 1. The molecule has 0 bridgehead atoms. The van der Waals surface area contributed by atoms with E-state index in [1.54, 1.807) is 5.38 Å². The smallest absolute Gasteiger partial charge is 0.183 e. The van der Waals surface area contributed by atoms with Crippen molar-refractivity contribution in [1.82, 2.24) is 9.88 Å². The van der Waals surface area contributed by atoms with Crippen molar-refractivity contribution < 1.29 is 19.7 Å². The molecule has 1 aromatic carbocycles. The van der Waals surface area contributed by atoms with Gasteiger partial charge < -0.3 is 19.7 Å². The van der Waals surface area contributed by atoms with Gasteiger partial charge in [0.15, 0.2) is 4.47 Å². The van der Waals surface area contributed by atoms with E-state index >= 15 is 0 Å². The maximum Gasteiger partial charge on any atom is 0.183 e. The van der Waals surface area contributed by atoms with Crippen LogP contribution in [-0.2, 0) is 11.2 Å². The molecular weight excluding hydrogens is 400 g/mol. The fourth-order valence-corrected chi connectivity index (χ4v) is 3.72. The Labute approximate surface area is 175 Å². The van der Waals surface area contributed by atoms with Crippen LogP contribution in [0.5, 0.6) is 5.75 Å². The summed E-state index contributed by atoms with van der Waals surface area (Å²) in [6.07, 6.45) is 0.0582. The molecule has 0 amide bonds. The van der Waals surface area contributed by atoms with Crippen LogP contribution >= 0.6 is 22.9 Å². The molecule has 0 fully saturated rings. The maximum absolute atomic E-state index is 10.4. The number of halogens is 1. The van der Waals surface area contributed by atoms with Crippen LogP contribution in [0.15, 0.2) is 29.6 Å². The van der Waals surface area contributed by atoms with E-state index in [2.05, 4.69) is 16.8 Å². The Morgan fingerprint density at radius 3 is 2.61 bits per heavy atom. The van der Waals surface area contributed by atoms with Gasteiger partial charge in [-0.25, -0.2) is 4.98 Å². The molecule has 0 saturated heterocycles. The third-order valence-electron chi connectivity index (χ3n) is 4.41. The third kappa shape index (κ3) is 7.66. The summed E-state index contributed by atoms with van der Waals surface area (Å²) in [6.45, 7) is 6.75. The lowest BCUT2D eigenvalue weighted by molar-refractivity contribution is 0.0753. The number of aromatic nitrogens is 1. The fourth-order valence-electron chi connectivity index (χ4n) is 2.91. The van der Waals surface area contributed by atoms with E-state index < -0.39 is 6.10 Å². The molecule has 2 N–H and O–H groups in total. The minimum Gasteiger partial charge on any atom is -0.491 e. The van der Waals surface area contributed by atoms with E-state index in [1.165, 1.54) is 16.9 Å². The average Bonchev–Trinajstić information content (AvgIpc) is 3.12. The molecule has 28 heavy (non-hydrogen) atoms. The number of nitrogens with zero attached hydrogens (tertiary/aromatic N) is 2.